The van der Waals surface area contributed by atoms with Crippen LogP contribution in [0, 0.1) is 11.7 Å². The van der Waals surface area contributed by atoms with Crippen LogP contribution in [0.2, 0.25) is 0 Å². The van der Waals surface area contributed by atoms with Crippen molar-refractivity contribution in [2.45, 2.75) is 41.2 Å². The number of carbonyl (C=O) groups is 1. The second-order valence-corrected chi connectivity index (χ2v) is 11.2. The summed E-state index contributed by atoms with van der Waals surface area (Å²) >= 11 is 1.77. The molecule has 160 valence electrons. The molecule has 0 spiro atoms. The maximum absolute atomic E-state index is 13.5. The molecule has 1 amide bonds. The summed E-state index contributed by atoms with van der Waals surface area (Å²) < 4.78 is 40.6. The summed E-state index contributed by atoms with van der Waals surface area (Å²) in [4.78, 5) is 16.5. The Labute approximate surface area is 181 Å². The van der Waals surface area contributed by atoms with E-state index in [9.17, 15) is 17.6 Å². The predicted octanol–water partition coefficient (Wildman–Crippen LogP) is 4.14. The van der Waals surface area contributed by atoms with Crippen molar-refractivity contribution in [2.75, 3.05) is 24.5 Å². The molecule has 0 radical (unpaired) electrons. The molecule has 0 aliphatic carbocycles. The molecule has 0 unspecified atom stereocenters. The van der Waals surface area contributed by atoms with Gasteiger partial charge in [-0.2, -0.15) is 4.31 Å². The van der Waals surface area contributed by atoms with Gasteiger partial charge in [0.15, 0.2) is 0 Å². The molecule has 1 fully saturated rings. The van der Waals surface area contributed by atoms with Crippen LogP contribution in [0.5, 0.6) is 0 Å². The number of anilines is 1. The molecule has 1 saturated heterocycles. The first-order chi connectivity index (χ1) is 14.4. The Morgan fingerprint density at radius 1 is 1.07 bits per heavy atom. The lowest BCUT2D eigenvalue weighted by atomic mass is 9.97. The summed E-state index contributed by atoms with van der Waals surface area (Å²) in [6.45, 7) is 3.31. The Morgan fingerprint density at radius 3 is 2.57 bits per heavy atom. The SMILES string of the molecule is C[C@@H]1CCN(C(=O)[C@H]2CCCN(S(=O)(=O)c3ccc(F)cc3)C2)c2ccccc2S1. The van der Waals surface area contributed by atoms with Crippen molar-refractivity contribution in [3.8, 4) is 0 Å². The molecule has 0 saturated carbocycles. The van der Waals surface area contributed by atoms with E-state index in [2.05, 4.69) is 6.92 Å². The standard InChI is InChI=1S/C22H25FN2O3S2/c1-16-12-14-25(20-6-2-3-7-21(20)29-16)22(26)17-5-4-13-24(15-17)30(27,28)19-10-8-18(23)9-11-19/h2-3,6-11,16-17H,4-5,12-15H2,1H3/t16-,17+/m1/s1. The van der Waals surface area contributed by atoms with E-state index in [0.29, 0.717) is 31.2 Å². The summed E-state index contributed by atoms with van der Waals surface area (Å²) in [5.41, 5.74) is 0.912. The van der Waals surface area contributed by atoms with Crippen LogP contribution in [0.3, 0.4) is 0 Å². The molecule has 4 rings (SSSR count). The molecule has 2 aromatic rings. The lowest BCUT2D eigenvalue weighted by Gasteiger charge is -2.34. The number of benzene rings is 2. The Hall–Kier alpha value is -1.90. The summed E-state index contributed by atoms with van der Waals surface area (Å²) in [6.07, 6.45) is 2.17. The zero-order valence-corrected chi connectivity index (χ0v) is 18.5. The summed E-state index contributed by atoms with van der Waals surface area (Å²) in [6, 6.07) is 12.8. The number of halogens is 1. The number of fused-ring (bicyclic) bond motifs is 1. The first-order valence-electron chi connectivity index (χ1n) is 10.2. The average Bonchev–Trinajstić information content (AvgIpc) is 2.92. The van der Waals surface area contributed by atoms with Crippen molar-refractivity contribution < 1.29 is 17.6 Å². The molecule has 5 nitrogen and oxygen atoms in total. The molecule has 0 N–H and O–H groups in total. The van der Waals surface area contributed by atoms with E-state index < -0.39 is 15.8 Å². The minimum absolute atomic E-state index is 0.0174. The highest BCUT2D eigenvalue weighted by Gasteiger charge is 2.36. The van der Waals surface area contributed by atoms with E-state index in [1.807, 2.05) is 29.2 Å². The lowest BCUT2D eigenvalue weighted by Crippen LogP contribution is -2.47. The number of nitrogens with zero attached hydrogens (tertiary/aromatic N) is 2. The van der Waals surface area contributed by atoms with Gasteiger partial charge in [-0.15, -0.1) is 11.8 Å². The van der Waals surface area contributed by atoms with Crippen LogP contribution in [0.15, 0.2) is 58.3 Å². The predicted molar refractivity (Wildman–Crippen MR) is 117 cm³/mol. The van der Waals surface area contributed by atoms with Crippen molar-refractivity contribution in [1.29, 1.82) is 0 Å². The number of carbonyl (C=O) groups excluding carboxylic acids is 1. The quantitative estimate of drug-likeness (QED) is 0.708. The molecule has 2 aliphatic rings. The monoisotopic (exact) mass is 448 g/mol. The van der Waals surface area contributed by atoms with Crippen molar-refractivity contribution in [2.24, 2.45) is 5.92 Å². The highest BCUT2D eigenvalue weighted by Crippen LogP contribution is 2.38. The lowest BCUT2D eigenvalue weighted by molar-refractivity contribution is -0.123. The zero-order valence-electron chi connectivity index (χ0n) is 16.8. The molecule has 2 heterocycles. The van der Waals surface area contributed by atoms with Gasteiger partial charge >= 0.3 is 0 Å². The fourth-order valence-corrected chi connectivity index (χ4v) is 6.69. The Kier molecular flexibility index (Phi) is 6.18. The van der Waals surface area contributed by atoms with E-state index in [1.165, 1.54) is 16.4 Å². The van der Waals surface area contributed by atoms with Crippen LogP contribution < -0.4 is 4.90 Å². The fraction of sp³-hybridized carbons (Fsp3) is 0.409. The van der Waals surface area contributed by atoms with Gasteiger partial charge in [0.1, 0.15) is 5.82 Å². The summed E-state index contributed by atoms with van der Waals surface area (Å²) in [7, 11) is -3.76. The highest BCUT2D eigenvalue weighted by atomic mass is 32.2. The molecule has 8 heteroatoms. The smallest absolute Gasteiger partial charge is 0.243 e. The number of sulfonamides is 1. The molecule has 0 aromatic heterocycles. The van der Waals surface area contributed by atoms with Crippen molar-refractivity contribution in [3.05, 3.63) is 54.3 Å². The van der Waals surface area contributed by atoms with Gasteiger partial charge in [0.2, 0.25) is 15.9 Å². The Morgan fingerprint density at radius 2 is 1.80 bits per heavy atom. The van der Waals surface area contributed by atoms with E-state index in [4.69, 9.17) is 0 Å². The number of hydrogen-bond donors (Lipinski definition) is 0. The second-order valence-electron chi connectivity index (χ2n) is 7.83. The van der Waals surface area contributed by atoms with Gasteiger partial charge in [0.05, 0.1) is 16.5 Å². The molecule has 30 heavy (non-hydrogen) atoms. The van der Waals surface area contributed by atoms with Crippen molar-refractivity contribution >= 4 is 33.4 Å². The van der Waals surface area contributed by atoms with Crippen LogP contribution >= 0.6 is 11.8 Å². The van der Waals surface area contributed by atoms with E-state index in [0.717, 1.165) is 29.1 Å². The number of amides is 1. The topological polar surface area (TPSA) is 57.7 Å². The number of thioether (sulfide) groups is 1. The molecule has 2 aliphatic heterocycles. The van der Waals surface area contributed by atoms with Crippen LogP contribution in [-0.4, -0.2) is 43.5 Å². The first kappa shape index (κ1) is 21.3. The summed E-state index contributed by atoms with van der Waals surface area (Å²) in [5.74, 6) is -0.885. The average molecular weight is 449 g/mol. The number of rotatable bonds is 3. The minimum atomic E-state index is -3.76. The third kappa shape index (κ3) is 4.26. The largest absolute Gasteiger partial charge is 0.311 e. The van der Waals surface area contributed by atoms with Crippen molar-refractivity contribution in [1.82, 2.24) is 4.31 Å². The van der Waals surface area contributed by atoms with Gasteiger partial charge in [0.25, 0.3) is 0 Å². The fourth-order valence-electron chi connectivity index (χ4n) is 4.05. The Balaban J connectivity index is 1.56. The summed E-state index contributed by atoms with van der Waals surface area (Å²) in [5, 5.41) is 0.408. The third-order valence-corrected chi connectivity index (χ3v) is 8.81. The molecule has 2 aromatic carbocycles. The van der Waals surface area contributed by atoms with E-state index >= 15 is 0 Å². The zero-order chi connectivity index (χ0) is 21.3. The highest BCUT2D eigenvalue weighted by molar-refractivity contribution is 8.00. The molecule has 0 bridgehead atoms. The molecular weight excluding hydrogens is 423 g/mol. The van der Waals surface area contributed by atoms with Gasteiger partial charge in [-0.25, -0.2) is 12.8 Å². The second kappa shape index (κ2) is 8.69. The van der Waals surface area contributed by atoms with E-state index in [-0.39, 0.29) is 23.3 Å². The maximum atomic E-state index is 13.5. The van der Waals surface area contributed by atoms with Crippen LogP contribution in [0.4, 0.5) is 10.1 Å². The van der Waals surface area contributed by atoms with Crippen LogP contribution in [0.1, 0.15) is 26.2 Å². The van der Waals surface area contributed by atoms with Gasteiger partial charge in [-0.3, -0.25) is 4.79 Å². The van der Waals surface area contributed by atoms with Gasteiger partial charge < -0.3 is 4.90 Å². The molecule has 2 atom stereocenters. The van der Waals surface area contributed by atoms with E-state index in [1.54, 1.807) is 11.8 Å². The number of piperidine rings is 1. The third-order valence-electron chi connectivity index (χ3n) is 5.69. The van der Waals surface area contributed by atoms with Crippen molar-refractivity contribution in [3.63, 3.8) is 0 Å². The maximum Gasteiger partial charge on any atom is 0.243 e. The molecular formula is C22H25FN2O3S2. The Bertz CT molecular complexity index is 1030. The van der Waals surface area contributed by atoms with Crippen LogP contribution in [0.25, 0.3) is 0 Å². The van der Waals surface area contributed by atoms with Gasteiger partial charge in [-0.1, -0.05) is 19.1 Å². The minimum Gasteiger partial charge on any atom is -0.311 e. The van der Waals surface area contributed by atoms with Crippen LogP contribution in [-0.2, 0) is 14.8 Å². The van der Waals surface area contributed by atoms with Gasteiger partial charge in [0, 0.05) is 29.8 Å². The number of hydrogen-bond acceptors (Lipinski definition) is 4. The van der Waals surface area contributed by atoms with Gasteiger partial charge in [-0.05, 0) is 55.7 Å². The normalized spacial score (nSPS) is 22.9. The number of para-hydroxylation sites is 1. The first-order valence-corrected chi connectivity index (χ1v) is 12.5.